The van der Waals surface area contributed by atoms with Crippen molar-refractivity contribution in [2.24, 2.45) is 5.92 Å². The number of benzene rings is 1. The largest absolute Gasteiger partial charge is 0.326 e. The molecule has 10 heteroatoms. The second kappa shape index (κ2) is 10.3. The number of nitrogens with one attached hydrogen (secondary N) is 1. The predicted molar refractivity (Wildman–Crippen MR) is 146 cm³/mol. The maximum atomic E-state index is 15.0. The lowest BCUT2D eigenvalue weighted by molar-refractivity contribution is 0.122. The van der Waals surface area contributed by atoms with Crippen LogP contribution in [0.3, 0.4) is 0 Å². The van der Waals surface area contributed by atoms with Gasteiger partial charge in [-0.25, -0.2) is 24.3 Å². The molecule has 2 fully saturated rings. The van der Waals surface area contributed by atoms with Crippen LogP contribution < -0.4 is 5.32 Å². The van der Waals surface area contributed by atoms with E-state index in [1.54, 1.807) is 12.3 Å². The van der Waals surface area contributed by atoms with Crippen LogP contribution in [0.15, 0.2) is 36.9 Å². The average molecular weight is 516 g/mol. The molecule has 1 N–H and O–H groups in total. The Bertz CT molecular complexity index is 1420. The van der Waals surface area contributed by atoms with Gasteiger partial charge in [-0.05, 0) is 51.7 Å². The van der Waals surface area contributed by atoms with Crippen LogP contribution in [0.5, 0.6) is 0 Å². The molecule has 4 heterocycles. The molecule has 6 rings (SSSR count). The first-order valence-corrected chi connectivity index (χ1v) is 13.5. The topological polar surface area (TPSA) is 87.9 Å². The van der Waals surface area contributed by atoms with E-state index in [1.165, 1.54) is 31.8 Å². The number of imidazole rings is 1. The number of hydrogen-bond donors (Lipinski definition) is 1. The van der Waals surface area contributed by atoms with Crippen LogP contribution in [0.4, 0.5) is 16.0 Å². The normalized spacial score (nSPS) is 17.0. The number of aromatic nitrogens is 6. The third-order valence-electron chi connectivity index (χ3n) is 7.43. The van der Waals surface area contributed by atoms with Crippen molar-refractivity contribution in [2.45, 2.75) is 46.2 Å². The highest BCUT2D eigenvalue weighted by molar-refractivity contribution is 5.83. The Kier molecular flexibility index (Phi) is 6.75. The van der Waals surface area contributed by atoms with Crippen molar-refractivity contribution in [1.82, 2.24) is 39.3 Å². The lowest BCUT2D eigenvalue weighted by Crippen LogP contribution is -2.46. The van der Waals surface area contributed by atoms with Crippen molar-refractivity contribution in [3.05, 3.63) is 54.3 Å². The summed E-state index contributed by atoms with van der Waals surface area (Å²) in [5.74, 6) is 2.54. The molecule has 1 aliphatic heterocycles. The number of anilines is 2. The Balaban J connectivity index is 1.13. The van der Waals surface area contributed by atoms with Gasteiger partial charge in [0.05, 0.1) is 29.3 Å². The first kappa shape index (κ1) is 24.8. The van der Waals surface area contributed by atoms with E-state index in [1.807, 2.05) is 23.8 Å². The summed E-state index contributed by atoms with van der Waals surface area (Å²) < 4.78 is 17.0. The number of aryl methyl sites for hydroxylation is 1. The maximum Gasteiger partial charge on any atom is 0.151 e. The van der Waals surface area contributed by atoms with Gasteiger partial charge in [-0.1, -0.05) is 0 Å². The summed E-state index contributed by atoms with van der Waals surface area (Å²) >= 11 is 0. The minimum absolute atomic E-state index is 0.163. The van der Waals surface area contributed by atoms with Crippen LogP contribution in [-0.2, 0) is 6.54 Å². The average Bonchev–Trinajstić information content (AvgIpc) is 3.65. The van der Waals surface area contributed by atoms with Gasteiger partial charge in [-0.2, -0.15) is 0 Å². The van der Waals surface area contributed by atoms with Gasteiger partial charge in [-0.15, -0.1) is 0 Å². The summed E-state index contributed by atoms with van der Waals surface area (Å²) in [6.45, 7) is 12.5. The lowest BCUT2D eigenvalue weighted by atomic mass is 10.1. The summed E-state index contributed by atoms with van der Waals surface area (Å²) in [4.78, 5) is 27.3. The molecular weight excluding hydrogens is 481 g/mol. The fourth-order valence-electron chi connectivity index (χ4n) is 5.31. The van der Waals surface area contributed by atoms with Gasteiger partial charge in [0.15, 0.2) is 5.82 Å². The first-order chi connectivity index (χ1) is 18.4. The zero-order valence-electron chi connectivity index (χ0n) is 22.2. The Hall–Kier alpha value is -3.50. The van der Waals surface area contributed by atoms with Crippen molar-refractivity contribution < 1.29 is 4.39 Å². The van der Waals surface area contributed by atoms with Gasteiger partial charge in [0, 0.05) is 56.9 Å². The highest BCUT2D eigenvalue weighted by atomic mass is 19.1. The summed E-state index contributed by atoms with van der Waals surface area (Å²) in [6.07, 6.45) is 7.84. The monoisotopic (exact) mass is 515 g/mol. The van der Waals surface area contributed by atoms with Crippen molar-refractivity contribution >= 4 is 22.7 Å². The van der Waals surface area contributed by atoms with E-state index in [0.717, 1.165) is 55.7 Å². The molecule has 0 radical (unpaired) electrons. The molecule has 0 bridgehead atoms. The Morgan fingerprint density at radius 2 is 1.74 bits per heavy atom. The molecule has 3 aromatic heterocycles. The van der Waals surface area contributed by atoms with E-state index in [2.05, 4.69) is 53.9 Å². The minimum Gasteiger partial charge on any atom is -0.326 e. The van der Waals surface area contributed by atoms with Crippen LogP contribution in [0.25, 0.3) is 22.3 Å². The second-order valence-electron chi connectivity index (χ2n) is 10.8. The number of rotatable bonds is 8. The molecule has 0 amide bonds. The number of nitrogens with zero attached hydrogens (tertiary/aromatic N) is 8. The van der Waals surface area contributed by atoms with Crippen molar-refractivity contribution in [1.29, 1.82) is 0 Å². The second-order valence-corrected chi connectivity index (χ2v) is 10.8. The first-order valence-electron chi connectivity index (χ1n) is 13.5. The van der Waals surface area contributed by atoms with Crippen LogP contribution in [0.2, 0.25) is 0 Å². The predicted octanol–water partition coefficient (Wildman–Crippen LogP) is 4.58. The SMILES string of the molecule is Cc1nc2c(F)cc(-c3cc(Nc4cnc(CN5CCN(CC6CC6)CC5)cn4)ncn3)cc2n1C(C)C. The summed E-state index contributed by atoms with van der Waals surface area (Å²) in [6, 6.07) is 5.37. The smallest absolute Gasteiger partial charge is 0.151 e. The molecule has 1 aliphatic carbocycles. The van der Waals surface area contributed by atoms with Gasteiger partial charge < -0.3 is 14.8 Å². The molecule has 1 saturated heterocycles. The van der Waals surface area contributed by atoms with E-state index in [0.29, 0.717) is 28.4 Å². The third kappa shape index (κ3) is 5.37. The molecule has 38 heavy (non-hydrogen) atoms. The Labute approximate surface area is 222 Å². The molecular formula is C28H34FN9. The maximum absolute atomic E-state index is 15.0. The molecule has 1 aromatic carbocycles. The lowest BCUT2D eigenvalue weighted by Gasteiger charge is -2.34. The van der Waals surface area contributed by atoms with Crippen molar-refractivity contribution in [3.63, 3.8) is 0 Å². The van der Waals surface area contributed by atoms with E-state index < -0.39 is 0 Å². The quantitative estimate of drug-likeness (QED) is 0.365. The number of piperazine rings is 1. The Morgan fingerprint density at radius 1 is 0.947 bits per heavy atom. The van der Waals surface area contributed by atoms with Crippen LogP contribution >= 0.6 is 0 Å². The molecule has 0 atom stereocenters. The molecule has 0 spiro atoms. The number of hydrogen-bond acceptors (Lipinski definition) is 8. The molecule has 198 valence electrons. The summed E-state index contributed by atoms with van der Waals surface area (Å²) in [7, 11) is 0. The van der Waals surface area contributed by atoms with E-state index >= 15 is 0 Å². The fourth-order valence-corrected chi connectivity index (χ4v) is 5.31. The van der Waals surface area contributed by atoms with E-state index in [4.69, 9.17) is 0 Å². The van der Waals surface area contributed by atoms with Gasteiger partial charge in [0.25, 0.3) is 0 Å². The molecule has 4 aromatic rings. The molecule has 9 nitrogen and oxygen atoms in total. The van der Waals surface area contributed by atoms with Crippen molar-refractivity contribution in [2.75, 3.05) is 38.0 Å². The van der Waals surface area contributed by atoms with Crippen LogP contribution in [0.1, 0.15) is 44.2 Å². The van der Waals surface area contributed by atoms with E-state index in [9.17, 15) is 4.39 Å². The number of halogens is 1. The summed E-state index contributed by atoms with van der Waals surface area (Å²) in [5.41, 5.74) is 3.37. The zero-order chi connectivity index (χ0) is 26.2. The Morgan fingerprint density at radius 3 is 2.45 bits per heavy atom. The number of fused-ring (bicyclic) bond motifs is 1. The van der Waals surface area contributed by atoms with Gasteiger partial charge in [-0.3, -0.25) is 9.88 Å². The zero-order valence-corrected chi connectivity index (χ0v) is 22.2. The standard InChI is InChI=1S/C28H34FN9/c1-18(2)38-19(3)34-28-23(29)10-21(11-25(28)38)24-12-26(33-17-32-24)35-27-14-30-22(13-31-27)16-37-8-6-36(7-9-37)15-20-4-5-20/h10-14,17-18,20H,4-9,15-16H2,1-3H3,(H,31,32,33,35). The van der Waals surface area contributed by atoms with Crippen molar-refractivity contribution in [3.8, 4) is 11.3 Å². The van der Waals surface area contributed by atoms with Crippen LogP contribution in [-0.4, -0.2) is 72.0 Å². The highest BCUT2D eigenvalue weighted by Gasteiger charge is 2.26. The molecule has 2 aliphatic rings. The molecule has 0 unspecified atom stereocenters. The summed E-state index contributed by atoms with van der Waals surface area (Å²) in [5, 5.41) is 3.20. The van der Waals surface area contributed by atoms with Gasteiger partial charge in [0.2, 0.25) is 0 Å². The van der Waals surface area contributed by atoms with Gasteiger partial charge >= 0.3 is 0 Å². The third-order valence-corrected chi connectivity index (χ3v) is 7.43. The van der Waals surface area contributed by atoms with E-state index in [-0.39, 0.29) is 11.9 Å². The molecule has 1 saturated carbocycles. The fraction of sp³-hybridized carbons (Fsp3) is 0.464. The highest BCUT2D eigenvalue weighted by Crippen LogP contribution is 2.31. The van der Waals surface area contributed by atoms with Crippen LogP contribution in [0, 0.1) is 18.7 Å². The van der Waals surface area contributed by atoms with Gasteiger partial charge in [0.1, 0.15) is 29.3 Å². The minimum atomic E-state index is -0.362.